The fourth-order valence-electron chi connectivity index (χ4n) is 3.79. The number of aromatic hydroxyl groups is 1. The maximum absolute atomic E-state index is 13.5. The Morgan fingerprint density at radius 2 is 1.83 bits per heavy atom. The summed E-state index contributed by atoms with van der Waals surface area (Å²) in [6, 6.07) is 7.33. The fraction of sp³-hybridized carbons (Fsp3) is 0.250. The van der Waals surface area contributed by atoms with Crippen LogP contribution in [0.25, 0.3) is 22.1 Å². The van der Waals surface area contributed by atoms with Gasteiger partial charge < -0.3 is 40.9 Å². The van der Waals surface area contributed by atoms with Crippen LogP contribution < -0.4 is 31.7 Å². The van der Waals surface area contributed by atoms with Gasteiger partial charge in [0, 0.05) is 12.6 Å². The number of rotatable bonds is 8. The third-order valence-electron chi connectivity index (χ3n) is 5.46. The smallest absolute Gasteiger partial charge is 0.326 e. The number of aliphatic imine (C=N–C) groups is 1. The maximum Gasteiger partial charge on any atom is 0.326 e. The highest BCUT2D eigenvalue weighted by Gasteiger charge is 2.27. The second kappa shape index (κ2) is 10.3. The minimum Gasteiger partial charge on any atom is -0.508 e. The number of carboxylic acid groups (broad SMARTS) is 1. The van der Waals surface area contributed by atoms with Crippen molar-refractivity contribution in [3.05, 3.63) is 52.4 Å². The number of phenolic OH excluding ortho intramolecular Hbond substituents is 1. The summed E-state index contributed by atoms with van der Waals surface area (Å²) in [5, 5.41) is 22.0. The molecule has 3 aromatic rings. The van der Waals surface area contributed by atoms with Crippen molar-refractivity contribution in [1.29, 1.82) is 0 Å². The molecule has 0 spiro atoms. The molecule has 0 unspecified atom stereocenters. The number of benzene rings is 2. The van der Waals surface area contributed by atoms with Gasteiger partial charge in [0.2, 0.25) is 11.2 Å². The first-order chi connectivity index (χ1) is 17.2. The van der Waals surface area contributed by atoms with Crippen molar-refractivity contribution in [2.45, 2.75) is 18.9 Å². The van der Waals surface area contributed by atoms with Crippen molar-refractivity contribution in [2.75, 3.05) is 19.8 Å². The molecular weight excluding hydrogens is 472 g/mol. The Morgan fingerprint density at radius 3 is 2.56 bits per heavy atom. The molecule has 2 aromatic carbocycles. The van der Waals surface area contributed by atoms with E-state index < -0.39 is 29.1 Å². The van der Waals surface area contributed by atoms with Crippen molar-refractivity contribution in [3.63, 3.8) is 0 Å². The number of carbonyl (C=O) groups is 2. The van der Waals surface area contributed by atoms with E-state index in [1.807, 2.05) is 0 Å². The lowest BCUT2D eigenvalue weighted by atomic mass is 10.0. The van der Waals surface area contributed by atoms with E-state index in [0.29, 0.717) is 30.3 Å². The molecule has 1 atom stereocenters. The molecule has 7 N–H and O–H groups in total. The SMILES string of the molecule is NC(N)=NCCC[C@@H](NC(=O)c1oc2cc(O)ccc2c(=O)c1-c1ccc2c(c1)OCCO2)C(=O)O. The molecule has 12 heteroatoms. The maximum atomic E-state index is 13.5. The molecule has 0 saturated heterocycles. The lowest BCUT2D eigenvalue weighted by Crippen LogP contribution is -2.41. The topological polar surface area (TPSA) is 200 Å². The number of guanidine groups is 1. The van der Waals surface area contributed by atoms with E-state index in [4.69, 9.17) is 25.4 Å². The molecule has 0 aliphatic carbocycles. The van der Waals surface area contributed by atoms with Gasteiger partial charge in [0.05, 0.1) is 10.9 Å². The van der Waals surface area contributed by atoms with Crippen LogP contribution in [0.15, 0.2) is 50.6 Å². The number of nitrogens with two attached hydrogens (primary N) is 2. The van der Waals surface area contributed by atoms with E-state index in [2.05, 4.69) is 10.3 Å². The van der Waals surface area contributed by atoms with Gasteiger partial charge >= 0.3 is 5.97 Å². The summed E-state index contributed by atoms with van der Waals surface area (Å²) in [6.07, 6.45) is 0.301. The number of nitrogens with zero attached hydrogens (tertiary/aromatic N) is 1. The molecule has 1 aliphatic rings. The second-order valence-electron chi connectivity index (χ2n) is 7.99. The summed E-state index contributed by atoms with van der Waals surface area (Å²) in [7, 11) is 0. The summed E-state index contributed by atoms with van der Waals surface area (Å²) in [5.41, 5.74) is 10.2. The molecule has 0 bridgehead atoms. The zero-order valence-corrected chi connectivity index (χ0v) is 19.0. The van der Waals surface area contributed by atoms with E-state index in [0.717, 1.165) is 0 Å². The van der Waals surface area contributed by atoms with Crippen molar-refractivity contribution >= 4 is 28.8 Å². The summed E-state index contributed by atoms with van der Waals surface area (Å²) >= 11 is 0. The van der Waals surface area contributed by atoms with E-state index in [9.17, 15) is 24.6 Å². The third-order valence-corrected chi connectivity index (χ3v) is 5.46. The third kappa shape index (κ3) is 5.17. The van der Waals surface area contributed by atoms with Crippen LogP contribution >= 0.6 is 0 Å². The molecule has 36 heavy (non-hydrogen) atoms. The molecule has 1 aromatic heterocycles. The van der Waals surface area contributed by atoms with E-state index in [-0.39, 0.29) is 47.6 Å². The standard InChI is InChI=1S/C24H24N4O8/c25-24(26)27-7-1-2-15(23(32)33)28-22(31)21-19(12-3-6-16-18(10-12)35-9-8-34-16)20(30)14-5-4-13(29)11-17(14)36-21/h3-6,10-11,15,29H,1-2,7-9H2,(H,28,31)(H,32,33)(H4,25,26,27)/t15-/m1/s1. The number of hydrogen-bond donors (Lipinski definition) is 5. The Bertz CT molecular complexity index is 1410. The number of carboxylic acids is 1. The first kappa shape index (κ1) is 24.4. The summed E-state index contributed by atoms with van der Waals surface area (Å²) in [6.45, 7) is 0.867. The van der Waals surface area contributed by atoms with Crippen LogP contribution in [0.5, 0.6) is 17.2 Å². The van der Waals surface area contributed by atoms with Crippen molar-refractivity contribution in [1.82, 2.24) is 5.32 Å². The van der Waals surface area contributed by atoms with E-state index >= 15 is 0 Å². The van der Waals surface area contributed by atoms with Gasteiger partial charge in [-0.3, -0.25) is 14.6 Å². The highest BCUT2D eigenvalue weighted by Crippen LogP contribution is 2.35. The fourth-order valence-corrected chi connectivity index (χ4v) is 3.79. The molecule has 0 saturated carbocycles. The normalized spacial score (nSPS) is 13.1. The highest BCUT2D eigenvalue weighted by molar-refractivity contribution is 6.02. The first-order valence-electron chi connectivity index (χ1n) is 11.0. The second-order valence-corrected chi connectivity index (χ2v) is 7.99. The first-order valence-corrected chi connectivity index (χ1v) is 11.0. The molecule has 1 amide bonds. The predicted octanol–water partition coefficient (Wildman–Crippen LogP) is 1.17. The Hall–Kier alpha value is -4.74. The molecule has 12 nitrogen and oxygen atoms in total. The molecule has 188 valence electrons. The van der Waals surface area contributed by atoms with Crippen LogP contribution in [0.1, 0.15) is 23.4 Å². The summed E-state index contributed by atoms with van der Waals surface area (Å²) < 4.78 is 16.9. The number of amides is 1. The van der Waals surface area contributed by atoms with Crippen LogP contribution in [-0.2, 0) is 4.79 Å². The van der Waals surface area contributed by atoms with Crippen molar-refractivity contribution in [3.8, 4) is 28.4 Å². The van der Waals surface area contributed by atoms with Gasteiger partial charge in [0.25, 0.3) is 5.91 Å². The van der Waals surface area contributed by atoms with Gasteiger partial charge in [-0.05, 0) is 42.7 Å². The van der Waals surface area contributed by atoms with Crippen molar-refractivity contribution in [2.24, 2.45) is 16.5 Å². The lowest BCUT2D eigenvalue weighted by Gasteiger charge is -2.19. The van der Waals surface area contributed by atoms with E-state index in [1.54, 1.807) is 18.2 Å². The van der Waals surface area contributed by atoms with Crippen molar-refractivity contribution < 1.29 is 33.7 Å². The average Bonchev–Trinajstić information content (AvgIpc) is 2.84. The number of aliphatic carboxylic acids is 1. The van der Waals surface area contributed by atoms with Gasteiger partial charge in [-0.1, -0.05) is 6.07 Å². The van der Waals surface area contributed by atoms with Crippen LogP contribution in [0.4, 0.5) is 0 Å². The number of fused-ring (bicyclic) bond motifs is 2. The zero-order chi connectivity index (χ0) is 25.8. The van der Waals surface area contributed by atoms with Gasteiger partial charge in [-0.15, -0.1) is 0 Å². The van der Waals surface area contributed by atoms with Gasteiger partial charge in [0.1, 0.15) is 30.6 Å². The number of phenols is 1. The molecule has 0 radical (unpaired) electrons. The Labute approximate surface area is 204 Å². The predicted molar refractivity (Wildman–Crippen MR) is 129 cm³/mol. The average molecular weight is 496 g/mol. The van der Waals surface area contributed by atoms with Crippen LogP contribution in [-0.4, -0.2) is 53.8 Å². The highest BCUT2D eigenvalue weighted by atomic mass is 16.6. The molecule has 4 rings (SSSR count). The summed E-state index contributed by atoms with van der Waals surface area (Å²) in [5.74, 6) is -2.05. The molecular formula is C24H24N4O8. The van der Waals surface area contributed by atoms with Crippen LogP contribution in [0, 0.1) is 0 Å². The number of hydrogen-bond acceptors (Lipinski definition) is 8. The minimum absolute atomic E-state index is 0.0236. The minimum atomic E-state index is -1.30. The Morgan fingerprint density at radius 1 is 1.08 bits per heavy atom. The Kier molecular flexibility index (Phi) is 6.95. The van der Waals surface area contributed by atoms with Crippen LogP contribution in [0.3, 0.4) is 0 Å². The molecule has 2 heterocycles. The quantitative estimate of drug-likeness (QED) is 0.171. The monoisotopic (exact) mass is 496 g/mol. The molecule has 1 aliphatic heterocycles. The zero-order valence-electron chi connectivity index (χ0n) is 19.0. The summed E-state index contributed by atoms with van der Waals surface area (Å²) in [4.78, 5) is 42.3. The van der Waals surface area contributed by atoms with E-state index in [1.165, 1.54) is 18.2 Å². The molecule has 0 fully saturated rings. The van der Waals surface area contributed by atoms with Gasteiger partial charge in [-0.2, -0.15) is 0 Å². The largest absolute Gasteiger partial charge is 0.508 e. The Balaban J connectivity index is 1.76. The van der Waals surface area contributed by atoms with Crippen LogP contribution in [0.2, 0.25) is 0 Å². The lowest BCUT2D eigenvalue weighted by molar-refractivity contribution is -0.139. The van der Waals surface area contributed by atoms with Gasteiger partial charge in [0.15, 0.2) is 17.5 Å². The number of carbonyl (C=O) groups excluding carboxylic acids is 1. The number of nitrogens with one attached hydrogen (secondary N) is 1. The number of ether oxygens (including phenoxy) is 2. The van der Waals surface area contributed by atoms with Gasteiger partial charge in [-0.25, -0.2) is 4.79 Å².